The molecule has 5 nitrogen and oxygen atoms in total. The number of methoxy groups -OCH3 is 1. The highest BCUT2D eigenvalue weighted by atomic mass is 16.5. The summed E-state index contributed by atoms with van der Waals surface area (Å²) in [6.07, 6.45) is 6.13. The quantitative estimate of drug-likeness (QED) is 0.887. The molecule has 1 aromatic rings. The van der Waals surface area contributed by atoms with Crippen molar-refractivity contribution in [3.8, 4) is 0 Å². The molecule has 108 valence electrons. The maximum atomic E-state index is 6.17. The van der Waals surface area contributed by atoms with E-state index in [2.05, 4.69) is 24.0 Å². The number of rotatable bonds is 5. The van der Waals surface area contributed by atoms with E-state index in [1.807, 2.05) is 0 Å². The van der Waals surface area contributed by atoms with Crippen LogP contribution in [0.15, 0.2) is 4.52 Å². The Balaban J connectivity index is 2.22. The van der Waals surface area contributed by atoms with Crippen LogP contribution in [0.1, 0.15) is 70.0 Å². The van der Waals surface area contributed by atoms with E-state index < -0.39 is 5.60 Å². The Morgan fingerprint density at radius 1 is 1.32 bits per heavy atom. The lowest BCUT2D eigenvalue weighted by Crippen LogP contribution is -2.32. The number of hydrogen-bond acceptors (Lipinski definition) is 5. The summed E-state index contributed by atoms with van der Waals surface area (Å²) in [6, 6.07) is 0.141. The fraction of sp³-hybridized carbons (Fsp3) is 0.857. The zero-order chi connectivity index (χ0) is 13.9. The molecule has 1 fully saturated rings. The largest absolute Gasteiger partial charge is 0.370 e. The summed E-state index contributed by atoms with van der Waals surface area (Å²) in [7, 11) is 1.70. The van der Waals surface area contributed by atoms with Crippen LogP contribution in [0.5, 0.6) is 0 Å². The number of ether oxygens (including phenoxy) is 1. The van der Waals surface area contributed by atoms with Crippen LogP contribution in [0.25, 0.3) is 0 Å². The Bertz CT molecular complexity index is 393. The fourth-order valence-electron chi connectivity index (χ4n) is 2.98. The first-order chi connectivity index (χ1) is 9.16. The summed E-state index contributed by atoms with van der Waals surface area (Å²) in [5.74, 6) is 1.55. The molecule has 2 rings (SSSR count). The predicted molar refractivity (Wildman–Crippen MR) is 72.8 cm³/mol. The van der Waals surface area contributed by atoms with Crippen LogP contribution >= 0.6 is 0 Å². The smallest absolute Gasteiger partial charge is 0.231 e. The van der Waals surface area contributed by atoms with Gasteiger partial charge in [-0.15, -0.1) is 0 Å². The van der Waals surface area contributed by atoms with Gasteiger partial charge in [-0.2, -0.15) is 4.98 Å². The van der Waals surface area contributed by atoms with Gasteiger partial charge in [0.25, 0.3) is 0 Å². The van der Waals surface area contributed by atoms with Gasteiger partial charge < -0.3 is 15.0 Å². The van der Waals surface area contributed by atoms with Crippen LogP contribution < -0.4 is 5.73 Å². The third-order valence-corrected chi connectivity index (χ3v) is 4.52. The van der Waals surface area contributed by atoms with Crippen molar-refractivity contribution >= 4 is 0 Å². The van der Waals surface area contributed by atoms with Gasteiger partial charge in [0, 0.05) is 13.2 Å². The molecule has 2 unspecified atom stereocenters. The molecule has 0 aromatic carbocycles. The van der Waals surface area contributed by atoms with Gasteiger partial charge in [-0.1, -0.05) is 31.8 Å². The Hall–Kier alpha value is -0.940. The number of hydrogen-bond donors (Lipinski definition) is 1. The monoisotopic (exact) mass is 267 g/mol. The molecule has 5 heteroatoms. The summed E-state index contributed by atoms with van der Waals surface area (Å²) in [4.78, 5) is 4.59. The van der Waals surface area contributed by atoms with Gasteiger partial charge in [0.2, 0.25) is 11.7 Å². The van der Waals surface area contributed by atoms with Gasteiger partial charge in [-0.25, -0.2) is 0 Å². The molecule has 0 spiro atoms. The molecule has 0 amide bonds. The average Bonchev–Trinajstić information content (AvgIpc) is 2.92. The Morgan fingerprint density at radius 3 is 2.58 bits per heavy atom. The molecule has 1 aliphatic carbocycles. The summed E-state index contributed by atoms with van der Waals surface area (Å²) in [6.45, 7) is 4.16. The lowest BCUT2D eigenvalue weighted by atomic mass is 9.85. The lowest BCUT2D eigenvalue weighted by molar-refractivity contribution is -0.0306. The zero-order valence-electron chi connectivity index (χ0n) is 12.2. The highest BCUT2D eigenvalue weighted by molar-refractivity contribution is 5.06. The first-order valence-electron chi connectivity index (χ1n) is 7.31. The second-order valence-electron chi connectivity index (χ2n) is 5.42. The first kappa shape index (κ1) is 14.5. The molecule has 2 atom stereocenters. The summed E-state index contributed by atoms with van der Waals surface area (Å²) < 4.78 is 11.1. The van der Waals surface area contributed by atoms with Crippen molar-refractivity contribution < 1.29 is 9.26 Å². The molecule has 0 saturated heterocycles. The minimum absolute atomic E-state index is 0.141. The molecule has 1 saturated carbocycles. The van der Waals surface area contributed by atoms with Gasteiger partial charge in [-0.3, -0.25) is 0 Å². The summed E-state index contributed by atoms with van der Waals surface area (Å²) in [5, 5.41) is 4.14. The van der Waals surface area contributed by atoms with Crippen LogP contribution in [0, 0.1) is 0 Å². The standard InChI is InChI=1S/C14H25N3O2/c1-4-14(5-2,18-3)13-16-12(19-17-13)10-8-6-7-9-11(10)15/h10-11H,4-9,15H2,1-3H3. The first-order valence-corrected chi connectivity index (χ1v) is 7.31. The zero-order valence-corrected chi connectivity index (χ0v) is 12.2. The van der Waals surface area contributed by atoms with E-state index in [4.69, 9.17) is 15.0 Å². The van der Waals surface area contributed by atoms with Crippen molar-refractivity contribution in [2.75, 3.05) is 7.11 Å². The SMILES string of the molecule is CCC(CC)(OC)c1noc(C2CCCCC2N)n1. The second-order valence-corrected chi connectivity index (χ2v) is 5.42. The van der Waals surface area contributed by atoms with Crippen LogP contribution in [0.4, 0.5) is 0 Å². The van der Waals surface area contributed by atoms with Gasteiger partial charge in [0.05, 0.1) is 5.92 Å². The van der Waals surface area contributed by atoms with Crippen LogP contribution in [0.3, 0.4) is 0 Å². The van der Waals surface area contributed by atoms with Crippen LogP contribution in [-0.4, -0.2) is 23.3 Å². The van der Waals surface area contributed by atoms with Crippen LogP contribution in [-0.2, 0) is 10.3 Å². The minimum Gasteiger partial charge on any atom is -0.370 e. The number of nitrogens with zero attached hydrogens (tertiary/aromatic N) is 2. The Labute approximate surface area is 114 Å². The summed E-state index contributed by atoms with van der Waals surface area (Å²) >= 11 is 0. The Morgan fingerprint density at radius 2 is 2.00 bits per heavy atom. The molecular formula is C14H25N3O2. The van der Waals surface area contributed by atoms with E-state index >= 15 is 0 Å². The number of aromatic nitrogens is 2. The van der Waals surface area contributed by atoms with E-state index in [0.717, 1.165) is 25.7 Å². The molecule has 0 aliphatic heterocycles. The second kappa shape index (κ2) is 6.01. The highest BCUT2D eigenvalue weighted by Gasteiger charge is 2.36. The minimum atomic E-state index is -0.430. The Kier molecular flexibility index (Phi) is 4.58. The topological polar surface area (TPSA) is 74.2 Å². The molecular weight excluding hydrogens is 242 g/mol. The molecule has 0 bridgehead atoms. The van der Waals surface area contributed by atoms with Crippen LogP contribution in [0.2, 0.25) is 0 Å². The van der Waals surface area contributed by atoms with Crippen molar-refractivity contribution in [1.29, 1.82) is 0 Å². The summed E-state index contributed by atoms with van der Waals surface area (Å²) in [5.41, 5.74) is 5.74. The van der Waals surface area contributed by atoms with Gasteiger partial charge in [0.15, 0.2) is 0 Å². The molecule has 2 N–H and O–H groups in total. The van der Waals surface area contributed by atoms with E-state index in [1.165, 1.54) is 12.8 Å². The predicted octanol–water partition coefficient (Wildman–Crippen LogP) is 2.72. The van der Waals surface area contributed by atoms with E-state index in [1.54, 1.807) is 7.11 Å². The van der Waals surface area contributed by atoms with Crippen molar-refractivity contribution in [1.82, 2.24) is 10.1 Å². The van der Waals surface area contributed by atoms with Crippen molar-refractivity contribution in [2.45, 2.75) is 69.9 Å². The maximum Gasteiger partial charge on any atom is 0.231 e. The third-order valence-electron chi connectivity index (χ3n) is 4.52. The van der Waals surface area contributed by atoms with E-state index in [-0.39, 0.29) is 12.0 Å². The van der Waals surface area contributed by atoms with Gasteiger partial charge in [0.1, 0.15) is 5.60 Å². The molecule has 19 heavy (non-hydrogen) atoms. The fourth-order valence-corrected chi connectivity index (χ4v) is 2.98. The van der Waals surface area contributed by atoms with E-state index in [9.17, 15) is 0 Å². The lowest BCUT2D eigenvalue weighted by Gasteiger charge is -2.27. The van der Waals surface area contributed by atoms with Gasteiger partial charge in [-0.05, 0) is 25.7 Å². The maximum absolute atomic E-state index is 6.17. The van der Waals surface area contributed by atoms with E-state index in [0.29, 0.717) is 11.7 Å². The van der Waals surface area contributed by atoms with Crippen molar-refractivity contribution in [2.24, 2.45) is 5.73 Å². The average molecular weight is 267 g/mol. The number of nitrogens with two attached hydrogens (primary N) is 1. The molecule has 1 heterocycles. The van der Waals surface area contributed by atoms with Gasteiger partial charge >= 0.3 is 0 Å². The molecule has 1 aromatic heterocycles. The highest BCUT2D eigenvalue weighted by Crippen LogP contribution is 2.34. The van der Waals surface area contributed by atoms with Crippen molar-refractivity contribution in [3.05, 3.63) is 11.7 Å². The third kappa shape index (κ3) is 2.67. The molecule has 1 aliphatic rings. The van der Waals surface area contributed by atoms with Crippen molar-refractivity contribution in [3.63, 3.8) is 0 Å². The molecule has 0 radical (unpaired) electrons. The normalized spacial score (nSPS) is 24.6.